The number of nitrogens with one attached hydrogen (secondary N) is 3. The van der Waals surface area contributed by atoms with Gasteiger partial charge >= 0.3 is 5.97 Å². The van der Waals surface area contributed by atoms with Gasteiger partial charge in [0.25, 0.3) is 0 Å². The van der Waals surface area contributed by atoms with E-state index in [9.17, 15) is 24.6 Å². The molecule has 2 heterocycles. The van der Waals surface area contributed by atoms with Gasteiger partial charge < -0.3 is 25.6 Å². The van der Waals surface area contributed by atoms with E-state index >= 15 is 0 Å². The molecule has 278 valence electrons. The number of unbranched alkanes of at least 4 members (excludes halogenated alkanes) is 4. The smallest absolute Gasteiger partial charge is 0.305 e. The highest BCUT2D eigenvalue weighted by atomic mass is 32.1. The molecule has 0 fully saturated rings. The number of aromatic nitrogens is 2. The third-order valence-electron chi connectivity index (χ3n) is 8.58. The van der Waals surface area contributed by atoms with Crippen LogP contribution in [-0.2, 0) is 26.2 Å². The second-order valence-electron chi connectivity index (χ2n) is 13.8. The van der Waals surface area contributed by atoms with Crippen LogP contribution in [-0.4, -0.2) is 63.7 Å². The van der Waals surface area contributed by atoms with Gasteiger partial charge in [-0.3, -0.25) is 19.7 Å². The number of aliphatic hydroxyl groups is 1. The summed E-state index contributed by atoms with van der Waals surface area (Å²) in [6.45, 7) is 9.16. The van der Waals surface area contributed by atoms with Crippen molar-refractivity contribution in [3.05, 3.63) is 88.4 Å². The molecule has 0 saturated carbocycles. The van der Waals surface area contributed by atoms with Crippen molar-refractivity contribution in [1.29, 1.82) is 0 Å². The van der Waals surface area contributed by atoms with Gasteiger partial charge in [0, 0.05) is 40.3 Å². The van der Waals surface area contributed by atoms with Crippen LogP contribution < -0.4 is 20.7 Å². The average molecular weight is 730 g/mol. The third-order valence-corrected chi connectivity index (χ3v) is 10.1. The van der Waals surface area contributed by atoms with Crippen molar-refractivity contribution in [2.24, 2.45) is 0 Å². The number of carboxylic acid groups (broad SMARTS) is 1. The van der Waals surface area contributed by atoms with Crippen LogP contribution >= 0.6 is 11.3 Å². The molecule has 12 heteroatoms. The minimum atomic E-state index is -1.29. The van der Waals surface area contributed by atoms with Crippen LogP contribution in [0.1, 0.15) is 87.8 Å². The Morgan fingerprint density at radius 3 is 2.08 bits per heavy atom. The van der Waals surface area contributed by atoms with Gasteiger partial charge in [0.1, 0.15) is 18.0 Å². The molecule has 4 rings (SSSR count). The van der Waals surface area contributed by atoms with Crippen molar-refractivity contribution in [2.45, 2.75) is 96.4 Å². The van der Waals surface area contributed by atoms with Gasteiger partial charge in [0.15, 0.2) is 5.82 Å². The summed E-state index contributed by atoms with van der Waals surface area (Å²) in [5.41, 5.74) is 3.29. The summed E-state index contributed by atoms with van der Waals surface area (Å²) in [4.78, 5) is 48.3. The molecule has 0 spiro atoms. The molecule has 5 N–H and O–H groups in total. The van der Waals surface area contributed by atoms with Crippen molar-refractivity contribution in [3.8, 4) is 28.3 Å². The molecular weight excluding hydrogens is 679 g/mol. The summed E-state index contributed by atoms with van der Waals surface area (Å²) in [6.07, 6.45) is 7.91. The number of thiophene rings is 1. The number of aliphatic hydroxyl groups excluding tert-OH is 1. The van der Waals surface area contributed by atoms with Gasteiger partial charge in [-0.05, 0) is 53.6 Å². The van der Waals surface area contributed by atoms with Gasteiger partial charge in [-0.15, -0.1) is 11.3 Å². The molecule has 0 saturated heterocycles. The number of amides is 2. The molecule has 2 aromatic heterocycles. The molecule has 1 unspecified atom stereocenters. The van der Waals surface area contributed by atoms with Crippen LogP contribution in [0.3, 0.4) is 0 Å². The molecule has 0 radical (unpaired) electrons. The Balaban J connectivity index is 1.44. The van der Waals surface area contributed by atoms with E-state index in [1.165, 1.54) is 44.1 Å². The number of carbonyl (C=O) groups excluding carboxylic acids is 2. The first-order valence-electron chi connectivity index (χ1n) is 17.8. The zero-order valence-electron chi connectivity index (χ0n) is 30.6. The van der Waals surface area contributed by atoms with Crippen molar-refractivity contribution >= 4 is 29.1 Å². The fraction of sp³-hybridized carbons (Fsp3) is 0.425. The Morgan fingerprint density at radius 2 is 1.48 bits per heavy atom. The monoisotopic (exact) mass is 729 g/mol. The number of hydrogen-bond donors (Lipinski definition) is 5. The van der Waals surface area contributed by atoms with E-state index in [0.717, 1.165) is 39.3 Å². The predicted octanol–water partition coefficient (Wildman–Crippen LogP) is 6.42. The number of rotatable bonds is 19. The fourth-order valence-corrected chi connectivity index (χ4v) is 6.54. The molecular formula is C40H51N5O6S. The maximum atomic E-state index is 13.6. The van der Waals surface area contributed by atoms with E-state index in [1.54, 1.807) is 12.4 Å². The van der Waals surface area contributed by atoms with E-state index in [-0.39, 0.29) is 11.8 Å². The Morgan fingerprint density at radius 1 is 0.827 bits per heavy atom. The lowest BCUT2D eigenvalue weighted by atomic mass is 9.95. The number of hydrogen-bond acceptors (Lipinski definition) is 9. The maximum absolute atomic E-state index is 13.6. The van der Waals surface area contributed by atoms with Crippen LogP contribution in [0.25, 0.3) is 22.5 Å². The predicted molar refractivity (Wildman–Crippen MR) is 204 cm³/mol. The van der Waals surface area contributed by atoms with Gasteiger partial charge in [-0.25, -0.2) is 9.97 Å². The van der Waals surface area contributed by atoms with Crippen LogP contribution in [0.2, 0.25) is 0 Å². The molecule has 0 aliphatic heterocycles. The second-order valence-corrected chi connectivity index (χ2v) is 14.9. The van der Waals surface area contributed by atoms with Crippen LogP contribution in [0, 0.1) is 0 Å². The zero-order valence-corrected chi connectivity index (χ0v) is 31.5. The quantitative estimate of drug-likeness (QED) is 0.0542. The first-order chi connectivity index (χ1) is 24.9. The lowest BCUT2D eigenvalue weighted by molar-refractivity contribution is -0.140. The Kier molecular flexibility index (Phi) is 14.9. The Bertz CT molecular complexity index is 1740. The number of benzene rings is 2. The van der Waals surface area contributed by atoms with E-state index in [0.29, 0.717) is 17.3 Å². The van der Waals surface area contributed by atoms with Crippen LogP contribution in [0.15, 0.2) is 73.1 Å². The molecule has 3 atom stereocenters. The van der Waals surface area contributed by atoms with Gasteiger partial charge in [0.2, 0.25) is 11.8 Å². The summed E-state index contributed by atoms with van der Waals surface area (Å²) >= 11 is 1.44. The number of aliphatic carboxylic acids is 1. The minimum absolute atomic E-state index is 0.115. The number of ether oxygens (including phenoxy) is 1. The highest BCUT2D eigenvalue weighted by molar-refractivity contribution is 7.12. The SMILES string of the molecule is CCCCCCCOc1ccc(-c2cnc(-c3ccc(C[C@H](NC(O)c4ccc(C(C)(C)C)s4)C(=O)N[C@H](CC(=O)O)C(=O)NC)cc3)nc2)cc1. The number of likely N-dealkylation sites (N-methyl/N-ethyl adjacent to an activating group) is 1. The summed E-state index contributed by atoms with van der Waals surface area (Å²) in [5.74, 6) is -1.10. The average Bonchev–Trinajstić information content (AvgIpc) is 3.65. The standard InChI is InChI=1S/C40H51N5O6S/c1-6-7-8-9-10-21-51-30-17-15-27(16-18-30)29-24-42-36(43-25-29)28-13-11-26(12-14-28)22-31(38(49)44-32(23-35(46)47)37(48)41-5)45-39(50)33-19-20-34(52-33)40(2,3)4/h11-20,24-25,31-32,39,45,50H,6-10,21-23H2,1-5H3,(H,41,48)(H,44,49)(H,46,47)/t31-,32+,39?/m0/s1. The normalized spacial score (nSPS) is 13.2. The molecule has 0 aliphatic rings. The number of carboxylic acids is 1. The van der Waals surface area contributed by atoms with E-state index < -0.39 is 42.5 Å². The van der Waals surface area contributed by atoms with E-state index in [1.807, 2.05) is 60.7 Å². The van der Waals surface area contributed by atoms with Crippen molar-refractivity contribution in [2.75, 3.05) is 13.7 Å². The number of carbonyl (C=O) groups is 3. The number of nitrogens with zero attached hydrogens (tertiary/aromatic N) is 2. The molecule has 2 amide bonds. The molecule has 2 aromatic carbocycles. The second kappa shape index (κ2) is 19.3. The van der Waals surface area contributed by atoms with Crippen LogP contribution in [0.4, 0.5) is 0 Å². The fourth-order valence-electron chi connectivity index (χ4n) is 5.52. The highest BCUT2D eigenvalue weighted by Crippen LogP contribution is 2.32. The lowest BCUT2D eigenvalue weighted by Gasteiger charge is -2.24. The molecule has 4 aromatic rings. The highest BCUT2D eigenvalue weighted by Gasteiger charge is 2.29. The topological polar surface area (TPSA) is 163 Å². The van der Waals surface area contributed by atoms with Gasteiger partial charge in [-0.2, -0.15) is 0 Å². The maximum Gasteiger partial charge on any atom is 0.305 e. The first kappa shape index (κ1) is 40.1. The molecule has 0 aliphatic carbocycles. The lowest BCUT2D eigenvalue weighted by Crippen LogP contribution is -2.54. The van der Waals surface area contributed by atoms with E-state index in [4.69, 9.17) is 4.74 Å². The largest absolute Gasteiger partial charge is 0.494 e. The van der Waals surface area contributed by atoms with Crippen LogP contribution in [0.5, 0.6) is 5.75 Å². The first-order valence-corrected chi connectivity index (χ1v) is 18.6. The Labute approximate surface area is 310 Å². The van der Waals surface area contributed by atoms with Gasteiger partial charge in [0.05, 0.1) is 19.1 Å². The summed E-state index contributed by atoms with van der Waals surface area (Å²) in [6, 6.07) is 16.8. The summed E-state index contributed by atoms with van der Waals surface area (Å²) in [5, 5.41) is 28.4. The zero-order chi connectivity index (χ0) is 37.7. The molecule has 52 heavy (non-hydrogen) atoms. The minimum Gasteiger partial charge on any atom is -0.494 e. The molecule has 11 nitrogen and oxygen atoms in total. The Hall–Kier alpha value is -4.65. The van der Waals surface area contributed by atoms with Crippen molar-refractivity contribution in [3.63, 3.8) is 0 Å². The van der Waals surface area contributed by atoms with Crippen molar-refractivity contribution in [1.82, 2.24) is 25.9 Å². The van der Waals surface area contributed by atoms with Crippen molar-refractivity contribution < 1.29 is 29.3 Å². The summed E-state index contributed by atoms with van der Waals surface area (Å²) in [7, 11) is 1.37. The van der Waals surface area contributed by atoms with E-state index in [2.05, 4.69) is 53.6 Å². The molecule has 0 bridgehead atoms. The van der Waals surface area contributed by atoms with Gasteiger partial charge in [-0.1, -0.05) is 89.8 Å². The third kappa shape index (κ3) is 12.0. The summed E-state index contributed by atoms with van der Waals surface area (Å²) < 4.78 is 5.89.